The summed E-state index contributed by atoms with van der Waals surface area (Å²) in [4.78, 5) is 28.4. The molecule has 37 heavy (non-hydrogen) atoms. The Morgan fingerprint density at radius 3 is 1.41 bits per heavy atom. The van der Waals surface area contributed by atoms with Crippen molar-refractivity contribution in [2.24, 2.45) is 0 Å². The van der Waals surface area contributed by atoms with Crippen molar-refractivity contribution in [1.29, 1.82) is 0 Å². The minimum absolute atomic E-state index is 0.110. The van der Waals surface area contributed by atoms with Gasteiger partial charge in [-0.25, -0.2) is 0 Å². The van der Waals surface area contributed by atoms with Crippen LogP contribution in [0.3, 0.4) is 0 Å². The van der Waals surface area contributed by atoms with Crippen molar-refractivity contribution in [3.63, 3.8) is 0 Å². The van der Waals surface area contributed by atoms with Crippen LogP contribution in [-0.4, -0.2) is 30.8 Å². The predicted octanol–water partition coefficient (Wildman–Crippen LogP) is 7.14. The average Bonchev–Trinajstić information content (AvgIpc) is 2.90. The van der Waals surface area contributed by atoms with E-state index >= 15 is 0 Å². The maximum Gasteiger partial charge on any atom is 0.454 e. The molecule has 3 aromatic carbocycles. The zero-order chi connectivity index (χ0) is 27.0. The molecule has 0 aliphatic carbocycles. The van der Waals surface area contributed by atoms with Crippen molar-refractivity contribution >= 4 is 34.1 Å². The molecule has 0 fully saturated rings. The molecule has 0 saturated heterocycles. The molecule has 0 radical (unpaired) electrons. The van der Waals surface area contributed by atoms with E-state index in [4.69, 9.17) is 0 Å². The van der Waals surface area contributed by atoms with Gasteiger partial charge in [0.1, 0.15) is 0 Å². The van der Waals surface area contributed by atoms with Gasteiger partial charge in [0.2, 0.25) is 0 Å². The fourth-order valence-corrected chi connectivity index (χ4v) is 3.86. The molecule has 7 heteroatoms. The second-order valence-electron chi connectivity index (χ2n) is 8.29. The molecule has 3 aromatic rings. The smallest absolute Gasteiger partial charge is 0.348 e. The summed E-state index contributed by atoms with van der Waals surface area (Å²) in [5, 5.41) is 0. The number of hydrogen-bond donors (Lipinski definition) is 0. The maximum absolute atomic E-state index is 13.5. The van der Waals surface area contributed by atoms with Gasteiger partial charge < -0.3 is 9.80 Å². The van der Waals surface area contributed by atoms with E-state index in [1.54, 1.807) is 60.5 Å². The summed E-state index contributed by atoms with van der Waals surface area (Å²) in [7, 11) is 0. The van der Waals surface area contributed by atoms with Crippen molar-refractivity contribution in [3.8, 4) is 0 Å². The first-order chi connectivity index (χ1) is 17.7. The highest BCUT2D eigenvalue weighted by atomic mass is 19.4. The predicted molar refractivity (Wildman–Crippen MR) is 143 cm³/mol. The largest absolute Gasteiger partial charge is 0.454 e. The van der Waals surface area contributed by atoms with E-state index in [-0.39, 0.29) is 11.3 Å². The summed E-state index contributed by atoms with van der Waals surface area (Å²) in [6.45, 7) is 6.16. The number of benzene rings is 3. The van der Waals surface area contributed by atoms with E-state index in [1.807, 2.05) is 42.2 Å². The number of hydrogen-bond acceptors (Lipinski definition) is 4. The van der Waals surface area contributed by atoms with Gasteiger partial charge in [-0.2, -0.15) is 13.2 Å². The molecule has 0 N–H and O–H groups in total. The van der Waals surface area contributed by atoms with Crippen LogP contribution in [0, 0.1) is 0 Å². The summed E-state index contributed by atoms with van der Waals surface area (Å²) in [5.74, 6) is -2.12. The van der Waals surface area contributed by atoms with Crippen LogP contribution in [-0.2, 0) is 9.59 Å². The van der Waals surface area contributed by atoms with Crippen LogP contribution in [0.25, 0.3) is 11.1 Å². The molecule has 0 unspecified atom stereocenters. The fourth-order valence-electron chi connectivity index (χ4n) is 3.86. The molecular weight excluding hydrogens is 477 g/mol. The van der Waals surface area contributed by atoms with Gasteiger partial charge in [0.15, 0.2) is 5.78 Å². The quantitative estimate of drug-likeness (QED) is 0.274. The molecule has 192 valence electrons. The molecule has 0 aromatic heterocycles. The highest BCUT2D eigenvalue weighted by molar-refractivity contribution is 6.24. The summed E-state index contributed by atoms with van der Waals surface area (Å²) in [5.41, 5.74) is 2.15. The van der Waals surface area contributed by atoms with Crippen LogP contribution < -0.4 is 9.80 Å². The van der Waals surface area contributed by atoms with E-state index < -0.39 is 17.5 Å². The number of allylic oxidation sites excluding steroid dienone is 2. The van der Waals surface area contributed by atoms with Crippen LogP contribution in [0.2, 0.25) is 0 Å². The lowest BCUT2D eigenvalue weighted by molar-refractivity contribution is -0.164. The van der Waals surface area contributed by atoms with Gasteiger partial charge in [-0.15, -0.1) is 0 Å². The van der Waals surface area contributed by atoms with Gasteiger partial charge in [-0.1, -0.05) is 60.7 Å². The Hall–Kier alpha value is -4.13. The number of para-hydroxylation sites is 2. The summed E-state index contributed by atoms with van der Waals surface area (Å²) >= 11 is 0. The molecular formula is C30H29F3N2O2. The Labute approximate surface area is 215 Å². The zero-order valence-corrected chi connectivity index (χ0v) is 21.0. The van der Waals surface area contributed by atoms with E-state index in [1.165, 1.54) is 25.3 Å². The molecule has 0 saturated carbocycles. The van der Waals surface area contributed by atoms with Gasteiger partial charge in [0, 0.05) is 42.4 Å². The van der Waals surface area contributed by atoms with E-state index in [9.17, 15) is 22.8 Å². The van der Waals surface area contributed by atoms with Gasteiger partial charge in [0.25, 0.3) is 5.78 Å². The third kappa shape index (κ3) is 6.97. The first-order valence-electron chi connectivity index (χ1n) is 12.0. The van der Waals surface area contributed by atoms with Crippen LogP contribution in [0.1, 0.15) is 31.9 Å². The van der Waals surface area contributed by atoms with Crippen molar-refractivity contribution in [1.82, 2.24) is 0 Å². The number of nitrogens with zero attached hydrogens (tertiary/aromatic N) is 2. The topological polar surface area (TPSA) is 40.6 Å². The Morgan fingerprint density at radius 1 is 0.676 bits per heavy atom. The van der Waals surface area contributed by atoms with E-state index in [0.29, 0.717) is 29.9 Å². The molecule has 0 amide bonds. The number of rotatable bonds is 10. The second kappa shape index (κ2) is 12.2. The monoisotopic (exact) mass is 506 g/mol. The Kier molecular flexibility index (Phi) is 9.06. The average molecular weight is 507 g/mol. The van der Waals surface area contributed by atoms with Gasteiger partial charge >= 0.3 is 6.18 Å². The first kappa shape index (κ1) is 27.5. The van der Waals surface area contributed by atoms with E-state index in [0.717, 1.165) is 5.69 Å². The molecule has 0 bridgehead atoms. The number of alkyl halides is 3. The maximum atomic E-state index is 13.5. The zero-order valence-electron chi connectivity index (χ0n) is 21.0. The number of halogens is 3. The Balaban J connectivity index is 2.04. The number of carbonyl (C=O) groups is 2. The standard InChI is InChI=1S/C30H29F3N2O2/c1-4-34(25-12-8-6-9-13-25)20-27(22(3)36)23-16-18-24(19-17-23)28(29(37)30(31,32)33)21-35(5-2)26-14-10-7-11-15-26/h6-21H,4-5H2,1-3H3/b27-20+,28-21-. The van der Waals surface area contributed by atoms with Gasteiger partial charge in [0.05, 0.1) is 5.57 Å². The normalized spacial score (nSPS) is 12.3. The van der Waals surface area contributed by atoms with Crippen LogP contribution in [0.4, 0.5) is 24.5 Å². The van der Waals surface area contributed by atoms with Crippen LogP contribution >= 0.6 is 0 Å². The molecule has 0 atom stereocenters. The third-order valence-corrected chi connectivity index (χ3v) is 5.82. The van der Waals surface area contributed by atoms with Crippen LogP contribution in [0.15, 0.2) is 97.3 Å². The molecule has 0 heterocycles. The second-order valence-corrected chi connectivity index (χ2v) is 8.29. The summed E-state index contributed by atoms with van der Waals surface area (Å²) < 4.78 is 40.6. The SMILES string of the molecule is CCN(/C=C(\C(C)=O)c1ccc(/C(=C/N(CC)c2ccccc2)C(=O)C(F)(F)F)cc1)c1ccccc1. The van der Waals surface area contributed by atoms with Crippen molar-refractivity contribution in [2.45, 2.75) is 26.9 Å². The van der Waals surface area contributed by atoms with Crippen molar-refractivity contribution < 1.29 is 22.8 Å². The number of carbonyl (C=O) groups excluding carboxylic acids is 2. The van der Waals surface area contributed by atoms with Crippen molar-refractivity contribution in [2.75, 3.05) is 22.9 Å². The van der Waals surface area contributed by atoms with Gasteiger partial charge in [-0.05, 0) is 56.2 Å². The molecule has 0 aliphatic rings. The minimum atomic E-state index is -5.04. The Morgan fingerprint density at radius 2 is 1.05 bits per heavy atom. The molecule has 4 nitrogen and oxygen atoms in total. The van der Waals surface area contributed by atoms with E-state index in [2.05, 4.69) is 0 Å². The number of Topliss-reactive ketones (excluding diaryl/α,β-unsaturated/α-hetero) is 2. The summed E-state index contributed by atoms with van der Waals surface area (Å²) in [6.07, 6.45) is -2.07. The highest BCUT2D eigenvalue weighted by Crippen LogP contribution is 2.30. The lowest BCUT2D eigenvalue weighted by Crippen LogP contribution is -2.26. The first-order valence-corrected chi connectivity index (χ1v) is 12.0. The lowest BCUT2D eigenvalue weighted by atomic mass is 9.97. The third-order valence-electron chi connectivity index (χ3n) is 5.82. The number of anilines is 2. The van der Waals surface area contributed by atoms with Crippen LogP contribution in [0.5, 0.6) is 0 Å². The molecule has 3 rings (SSSR count). The lowest BCUT2D eigenvalue weighted by Gasteiger charge is -2.21. The number of ketones is 2. The molecule has 0 spiro atoms. The van der Waals surface area contributed by atoms with Gasteiger partial charge in [-0.3, -0.25) is 9.59 Å². The Bertz CT molecular complexity index is 1270. The molecule has 0 aliphatic heterocycles. The van der Waals surface area contributed by atoms with Crippen molar-refractivity contribution in [3.05, 3.63) is 108 Å². The summed E-state index contributed by atoms with van der Waals surface area (Å²) in [6, 6.07) is 24.4. The highest BCUT2D eigenvalue weighted by Gasteiger charge is 2.41. The fraction of sp³-hybridized carbons (Fsp3) is 0.200. The minimum Gasteiger partial charge on any atom is -0.348 e.